The average molecular weight is 273 g/mol. The molecule has 0 unspecified atom stereocenters. The van der Waals surface area contributed by atoms with Crippen LogP contribution in [0, 0.1) is 0 Å². The number of rotatable bonds is 5. The number of nitrogens with two attached hydrogens (primary N) is 1. The number of hydrogen-bond donors (Lipinski definition) is 1. The van der Waals surface area contributed by atoms with Crippen LogP contribution >= 0.6 is 0 Å². The van der Waals surface area contributed by atoms with E-state index in [0.717, 1.165) is 19.5 Å². The zero-order valence-corrected chi connectivity index (χ0v) is 12.5. The van der Waals surface area contributed by atoms with Crippen LogP contribution in [-0.4, -0.2) is 49.1 Å². The summed E-state index contributed by atoms with van der Waals surface area (Å²) >= 11 is 0. The molecule has 1 aromatic carbocycles. The van der Waals surface area contributed by atoms with E-state index in [4.69, 9.17) is 5.73 Å². The van der Waals surface area contributed by atoms with E-state index in [0.29, 0.717) is 0 Å². The molecule has 1 aliphatic heterocycles. The minimum absolute atomic E-state index is 0.815. The first-order valence-electron chi connectivity index (χ1n) is 8.10. The Morgan fingerprint density at radius 2 is 1.70 bits per heavy atom. The predicted molar refractivity (Wildman–Crippen MR) is 83.9 cm³/mol. The Hall–Kier alpha value is -0.900. The van der Waals surface area contributed by atoms with Gasteiger partial charge in [-0.2, -0.15) is 0 Å². The van der Waals surface area contributed by atoms with E-state index in [2.05, 4.69) is 28.0 Å². The van der Waals surface area contributed by atoms with Crippen LogP contribution in [0.1, 0.15) is 29.5 Å². The first-order chi connectivity index (χ1) is 9.85. The van der Waals surface area contributed by atoms with Crippen LogP contribution in [-0.2, 0) is 19.4 Å². The van der Waals surface area contributed by atoms with Crippen molar-refractivity contribution in [3.63, 3.8) is 0 Å². The van der Waals surface area contributed by atoms with Crippen LogP contribution in [0.2, 0.25) is 0 Å². The summed E-state index contributed by atoms with van der Waals surface area (Å²) in [5.41, 5.74) is 10.3. The Kier molecular flexibility index (Phi) is 4.71. The standard InChI is InChI=1S/C17H27N3/c18-7-2-8-19-9-11-20(12-10-19)14-15-5-6-16-3-1-4-17(16)13-15/h5-6,13H,1-4,7-12,14,18H2. The fourth-order valence-corrected chi connectivity index (χ4v) is 3.47. The highest BCUT2D eigenvalue weighted by atomic mass is 15.3. The lowest BCUT2D eigenvalue weighted by molar-refractivity contribution is 0.127. The van der Waals surface area contributed by atoms with Crippen LogP contribution in [0.15, 0.2) is 18.2 Å². The highest BCUT2D eigenvalue weighted by molar-refractivity contribution is 5.35. The molecule has 3 nitrogen and oxygen atoms in total. The Morgan fingerprint density at radius 3 is 2.50 bits per heavy atom. The number of piperazine rings is 1. The van der Waals surface area contributed by atoms with Crippen LogP contribution in [0.3, 0.4) is 0 Å². The van der Waals surface area contributed by atoms with Gasteiger partial charge in [0.1, 0.15) is 0 Å². The first kappa shape index (κ1) is 14.1. The second-order valence-electron chi connectivity index (χ2n) is 6.22. The van der Waals surface area contributed by atoms with E-state index in [1.54, 1.807) is 11.1 Å². The maximum absolute atomic E-state index is 5.58. The molecule has 1 heterocycles. The van der Waals surface area contributed by atoms with Crippen LogP contribution in [0.4, 0.5) is 0 Å². The van der Waals surface area contributed by atoms with E-state index >= 15 is 0 Å². The molecule has 2 N–H and O–H groups in total. The van der Waals surface area contributed by atoms with Crippen molar-refractivity contribution >= 4 is 0 Å². The highest BCUT2D eigenvalue weighted by Crippen LogP contribution is 2.23. The molecule has 1 fully saturated rings. The van der Waals surface area contributed by atoms with E-state index in [9.17, 15) is 0 Å². The van der Waals surface area contributed by atoms with Gasteiger partial charge in [0, 0.05) is 32.7 Å². The van der Waals surface area contributed by atoms with Crippen molar-refractivity contribution in [3.05, 3.63) is 34.9 Å². The third kappa shape index (κ3) is 3.40. The summed E-state index contributed by atoms with van der Waals surface area (Å²) in [6.45, 7) is 7.90. The van der Waals surface area contributed by atoms with Gasteiger partial charge in [-0.1, -0.05) is 18.2 Å². The van der Waals surface area contributed by atoms with Gasteiger partial charge in [-0.15, -0.1) is 0 Å². The molecule has 0 aromatic heterocycles. The van der Waals surface area contributed by atoms with Gasteiger partial charge in [-0.05, 0) is 55.5 Å². The Morgan fingerprint density at radius 1 is 0.950 bits per heavy atom. The molecule has 0 bridgehead atoms. The lowest BCUT2D eigenvalue weighted by Crippen LogP contribution is -2.46. The van der Waals surface area contributed by atoms with Gasteiger partial charge in [0.05, 0.1) is 0 Å². The SMILES string of the molecule is NCCCN1CCN(Cc2ccc3c(c2)CCC3)CC1. The quantitative estimate of drug-likeness (QED) is 0.885. The number of hydrogen-bond acceptors (Lipinski definition) is 3. The van der Waals surface area contributed by atoms with Crippen molar-refractivity contribution in [2.24, 2.45) is 5.73 Å². The van der Waals surface area contributed by atoms with E-state index in [1.807, 2.05) is 0 Å². The van der Waals surface area contributed by atoms with Crippen molar-refractivity contribution in [1.82, 2.24) is 9.80 Å². The molecule has 110 valence electrons. The smallest absolute Gasteiger partial charge is 0.0234 e. The normalized spacial score (nSPS) is 20.2. The molecule has 0 radical (unpaired) electrons. The monoisotopic (exact) mass is 273 g/mol. The maximum Gasteiger partial charge on any atom is 0.0234 e. The molecule has 3 rings (SSSR count). The minimum Gasteiger partial charge on any atom is -0.330 e. The van der Waals surface area contributed by atoms with Gasteiger partial charge >= 0.3 is 0 Å². The molecule has 3 heteroatoms. The molecule has 2 aliphatic rings. The zero-order chi connectivity index (χ0) is 13.8. The lowest BCUT2D eigenvalue weighted by atomic mass is 10.1. The van der Waals surface area contributed by atoms with Crippen molar-refractivity contribution < 1.29 is 0 Å². The van der Waals surface area contributed by atoms with Crippen LogP contribution in [0.5, 0.6) is 0 Å². The van der Waals surface area contributed by atoms with E-state index < -0.39 is 0 Å². The summed E-state index contributed by atoms with van der Waals surface area (Å²) in [4.78, 5) is 5.14. The number of nitrogens with zero attached hydrogens (tertiary/aromatic N) is 2. The second-order valence-corrected chi connectivity index (χ2v) is 6.22. The van der Waals surface area contributed by atoms with Gasteiger partial charge in [0.2, 0.25) is 0 Å². The number of benzene rings is 1. The molecule has 20 heavy (non-hydrogen) atoms. The van der Waals surface area contributed by atoms with E-state index in [1.165, 1.54) is 57.5 Å². The molecule has 0 atom stereocenters. The zero-order valence-electron chi connectivity index (χ0n) is 12.5. The molecule has 0 spiro atoms. The molecule has 0 amide bonds. The number of aryl methyl sites for hydroxylation is 2. The third-order valence-electron chi connectivity index (χ3n) is 4.71. The van der Waals surface area contributed by atoms with Gasteiger partial charge in [0.25, 0.3) is 0 Å². The molecule has 1 saturated heterocycles. The molecule has 1 aliphatic carbocycles. The van der Waals surface area contributed by atoms with Gasteiger partial charge in [-0.3, -0.25) is 4.90 Å². The van der Waals surface area contributed by atoms with Crippen molar-refractivity contribution in [2.75, 3.05) is 39.3 Å². The summed E-state index contributed by atoms with van der Waals surface area (Å²) in [5.74, 6) is 0. The summed E-state index contributed by atoms with van der Waals surface area (Å²) in [5, 5.41) is 0. The Balaban J connectivity index is 1.50. The predicted octanol–water partition coefficient (Wildman–Crippen LogP) is 1.64. The van der Waals surface area contributed by atoms with Gasteiger partial charge < -0.3 is 10.6 Å². The minimum atomic E-state index is 0.815. The maximum atomic E-state index is 5.58. The van der Waals surface area contributed by atoms with Gasteiger partial charge in [0.15, 0.2) is 0 Å². The van der Waals surface area contributed by atoms with Crippen molar-refractivity contribution in [3.8, 4) is 0 Å². The highest BCUT2D eigenvalue weighted by Gasteiger charge is 2.17. The molecule has 1 aromatic rings. The molecular formula is C17H27N3. The summed E-state index contributed by atoms with van der Waals surface area (Å²) < 4.78 is 0. The molecule has 0 saturated carbocycles. The average Bonchev–Trinajstić information content (AvgIpc) is 2.94. The van der Waals surface area contributed by atoms with E-state index in [-0.39, 0.29) is 0 Å². The lowest BCUT2D eigenvalue weighted by Gasteiger charge is -2.34. The topological polar surface area (TPSA) is 32.5 Å². The molecular weight excluding hydrogens is 246 g/mol. The van der Waals surface area contributed by atoms with Crippen molar-refractivity contribution in [2.45, 2.75) is 32.2 Å². The fourth-order valence-electron chi connectivity index (χ4n) is 3.47. The first-order valence-corrected chi connectivity index (χ1v) is 8.10. The van der Waals surface area contributed by atoms with Gasteiger partial charge in [-0.25, -0.2) is 0 Å². The summed E-state index contributed by atoms with van der Waals surface area (Å²) in [6, 6.07) is 7.14. The number of fused-ring (bicyclic) bond motifs is 1. The summed E-state index contributed by atoms with van der Waals surface area (Å²) in [6.07, 6.45) is 5.05. The Bertz CT molecular complexity index is 436. The fraction of sp³-hybridized carbons (Fsp3) is 0.647. The Labute approximate surface area is 122 Å². The van der Waals surface area contributed by atoms with Crippen molar-refractivity contribution in [1.29, 1.82) is 0 Å². The van der Waals surface area contributed by atoms with Crippen LogP contribution in [0.25, 0.3) is 0 Å². The van der Waals surface area contributed by atoms with Crippen LogP contribution < -0.4 is 5.73 Å². The largest absolute Gasteiger partial charge is 0.330 e. The second kappa shape index (κ2) is 6.70. The third-order valence-corrected chi connectivity index (χ3v) is 4.71. The summed E-state index contributed by atoms with van der Waals surface area (Å²) in [7, 11) is 0.